The van der Waals surface area contributed by atoms with E-state index in [9.17, 15) is 0 Å². The molecule has 0 aliphatic heterocycles. The van der Waals surface area contributed by atoms with Crippen molar-refractivity contribution in [2.24, 2.45) is 0 Å². The number of allylic oxidation sites excluding steroid dienone is 9. The Morgan fingerprint density at radius 3 is 1.70 bits per heavy atom. The summed E-state index contributed by atoms with van der Waals surface area (Å²) in [4.78, 5) is 4.94. The summed E-state index contributed by atoms with van der Waals surface area (Å²) in [5.74, 6) is 0.303. The number of hydrogen-bond donors (Lipinski definition) is 0. The minimum Gasteiger partial charge on any atom is -0.338 e. The third kappa shape index (κ3) is 8.07. The van der Waals surface area contributed by atoms with Crippen LogP contribution in [0.1, 0.15) is 48.3 Å². The molecule has 0 N–H and O–H groups in total. The fraction of sp³-hybridized carbons (Fsp3) is 0.0968. The lowest BCUT2D eigenvalue weighted by Gasteiger charge is -2.36. The van der Waals surface area contributed by atoms with E-state index in [4.69, 9.17) is 0 Å². The molecule has 2 heteroatoms. The number of para-hydroxylation sites is 2. The number of hydrogen-bond acceptors (Lipinski definition) is 2. The Balaban J connectivity index is 0.800. The molecule has 3 aliphatic rings. The Morgan fingerprint density at radius 2 is 1.05 bits per heavy atom. The van der Waals surface area contributed by atoms with E-state index < -0.39 is 0 Å². The molecule has 3 aliphatic carbocycles. The lowest BCUT2D eigenvalue weighted by molar-refractivity contribution is 0.724. The van der Waals surface area contributed by atoms with Crippen LogP contribution in [-0.4, -0.2) is 6.04 Å². The highest BCUT2D eigenvalue weighted by atomic mass is 15.2. The summed E-state index contributed by atoms with van der Waals surface area (Å²) >= 11 is 0. The molecule has 0 saturated heterocycles. The van der Waals surface area contributed by atoms with Gasteiger partial charge in [-0.25, -0.2) is 0 Å². The van der Waals surface area contributed by atoms with Gasteiger partial charge >= 0.3 is 0 Å². The largest absolute Gasteiger partial charge is 0.338 e. The zero-order chi connectivity index (χ0) is 42.7. The van der Waals surface area contributed by atoms with Crippen molar-refractivity contribution in [1.29, 1.82) is 0 Å². The number of anilines is 3. The van der Waals surface area contributed by atoms with Crippen LogP contribution in [0.5, 0.6) is 0 Å². The van der Waals surface area contributed by atoms with Crippen molar-refractivity contribution in [3.05, 3.63) is 271 Å². The van der Waals surface area contributed by atoms with E-state index in [1.165, 1.54) is 77.6 Å². The van der Waals surface area contributed by atoms with Gasteiger partial charge in [0.25, 0.3) is 0 Å². The van der Waals surface area contributed by atoms with E-state index >= 15 is 0 Å². The molecule has 0 radical (unpaired) electrons. The molecule has 0 spiro atoms. The summed E-state index contributed by atoms with van der Waals surface area (Å²) in [5.41, 5.74) is 15.2. The third-order valence-electron chi connectivity index (χ3n) is 13.2. The zero-order valence-electron chi connectivity index (χ0n) is 36.0. The molecule has 0 aromatic heterocycles. The van der Waals surface area contributed by atoms with Gasteiger partial charge in [0, 0.05) is 34.4 Å². The van der Waals surface area contributed by atoms with E-state index in [0.29, 0.717) is 5.92 Å². The second-order valence-electron chi connectivity index (χ2n) is 17.2. The van der Waals surface area contributed by atoms with Gasteiger partial charge in [-0.05, 0) is 147 Å². The van der Waals surface area contributed by atoms with Gasteiger partial charge < -0.3 is 9.80 Å². The van der Waals surface area contributed by atoms with Gasteiger partial charge in [0.1, 0.15) is 0 Å². The van der Waals surface area contributed by atoms with E-state index in [2.05, 4.69) is 253 Å². The second kappa shape index (κ2) is 17.6. The quantitative estimate of drug-likeness (QED) is 0.136. The highest BCUT2D eigenvalue weighted by Gasteiger charge is 2.24. The van der Waals surface area contributed by atoms with Crippen molar-refractivity contribution in [2.45, 2.75) is 37.6 Å². The van der Waals surface area contributed by atoms with Crippen molar-refractivity contribution in [2.75, 3.05) is 9.80 Å². The molecule has 0 saturated carbocycles. The van der Waals surface area contributed by atoms with Crippen molar-refractivity contribution in [3.8, 4) is 11.1 Å². The van der Waals surface area contributed by atoms with Crippen LogP contribution in [0.15, 0.2) is 254 Å². The molecule has 2 unspecified atom stereocenters. The Morgan fingerprint density at radius 1 is 0.406 bits per heavy atom. The first-order valence-electron chi connectivity index (χ1n) is 22.7. The SMILES string of the molecule is C1=CC(N(C2=CC=C(c3ccc4ccccc4c3)CC2)c2ccccc2)CC=C1c1cccc(C2C=CC(N(c3ccccc3)c3ccc(-c4ccc5ccccc5c4)cc3)=CC2)c1. The van der Waals surface area contributed by atoms with Crippen LogP contribution < -0.4 is 9.80 Å². The maximum Gasteiger partial charge on any atom is 0.0557 e. The fourth-order valence-electron chi connectivity index (χ4n) is 9.80. The minimum absolute atomic E-state index is 0.239. The molecule has 0 bridgehead atoms. The molecule has 2 atom stereocenters. The molecule has 11 rings (SSSR count). The predicted octanol–water partition coefficient (Wildman–Crippen LogP) is 16.4. The summed E-state index contributed by atoms with van der Waals surface area (Å²) in [5, 5.41) is 5.11. The average molecular weight is 823 g/mol. The molecule has 2 nitrogen and oxygen atoms in total. The highest BCUT2D eigenvalue weighted by molar-refractivity contribution is 5.88. The Kier molecular flexibility index (Phi) is 10.8. The van der Waals surface area contributed by atoms with Crippen molar-refractivity contribution < 1.29 is 0 Å². The van der Waals surface area contributed by atoms with Crippen molar-refractivity contribution in [1.82, 2.24) is 0 Å². The molecule has 0 fully saturated rings. The Labute approximate surface area is 377 Å². The summed E-state index contributed by atoms with van der Waals surface area (Å²) in [7, 11) is 0. The van der Waals surface area contributed by atoms with E-state index in [0.717, 1.165) is 37.1 Å². The maximum absolute atomic E-state index is 2.56. The molecule has 8 aromatic rings. The highest BCUT2D eigenvalue weighted by Crippen LogP contribution is 2.39. The van der Waals surface area contributed by atoms with Gasteiger partial charge in [-0.1, -0.05) is 182 Å². The van der Waals surface area contributed by atoms with Crippen LogP contribution >= 0.6 is 0 Å². The predicted molar refractivity (Wildman–Crippen MR) is 273 cm³/mol. The van der Waals surface area contributed by atoms with Crippen LogP contribution in [0.4, 0.5) is 17.1 Å². The first-order chi connectivity index (χ1) is 31.7. The normalized spacial score (nSPS) is 17.1. The number of rotatable bonds is 10. The first kappa shape index (κ1) is 39.2. The van der Waals surface area contributed by atoms with E-state index in [1.54, 1.807) is 0 Å². The van der Waals surface area contributed by atoms with Crippen LogP contribution in [0.25, 0.3) is 43.8 Å². The second-order valence-corrected chi connectivity index (χ2v) is 17.2. The number of fused-ring (bicyclic) bond motifs is 2. The summed E-state index contributed by atoms with van der Waals surface area (Å²) in [6.45, 7) is 0. The molecule has 0 heterocycles. The van der Waals surface area contributed by atoms with Crippen LogP contribution in [0.3, 0.4) is 0 Å². The third-order valence-corrected chi connectivity index (χ3v) is 13.2. The van der Waals surface area contributed by atoms with Gasteiger partial charge in [0.2, 0.25) is 0 Å². The average Bonchev–Trinajstić information content (AvgIpc) is 3.38. The molecular weight excluding hydrogens is 773 g/mol. The lowest BCUT2D eigenvalue weighted by atomic mass is 9.88. The van der Waals surface area contributed by atoms with Crippen LogP contribution in [0, 0.1) is 0 Å². The minimum atomic E-state index is 0.239. The van der Waals surface area contributed by atoms with Gasteiger partial charge in [-0.3, -0.25) is 0 Å². The molecule has 0 amide bonds. The van der Waals surface area contributed by atoms with Gasteiger partial charge in [-0.15, -0.1) is 0 Å². The number of nitrogens with zero attached hydrogens (tertiary/aromatic N) is 2. The van der Waals surface area contributed by atoms with Crippen LogP contribution in [-0.2, 0) is 0 Å². The van der Waals surface area contributed by atoms with E-state index in [1.807, 2.05) is 0 Å². The Hall–Kier alpha value is -7.68. The van der Waals surface area contributed by atoms with Crippen LogP contribution in [0.2, 0.25) is 0 Å². The Bertz CT molecular complexity index is 3160. The molecule has 64 heavy (non-hydrogen) atoms. The molecule has 8 aromatic carbocycles. The molecule has 308 valence electrons. The summed E-state index contributed by atoms with van der Waals surface area (Å²) < 4.78 is 0. The zero-order valence-corrected chi connectivity index (χ0v) is 36.0. The molecular formula is C62H50N2. The van der Waals surface area contributed by atoms with Gasteiger partial charge in [0.15, 0.2) is 0 Å². The maximum atomic E-state index is 2.56. The summed E-state index contributed by atoms with van der Waals surface area (Å²) in [6, 6.07) is 70.9. The smallest absolute Gasteiger partial charge is 0.0557 e. The van der Waals surface area contributed by atoms with Crippen molar-refractivity contribution >= 4 is 49.8 Å². The standard InChI is InChI=1S/C62H50N2/c1-3-18-57(19-4-1)63(61-38-30-49(31-39-61)55-24-22-45-12-7-9-14-51(45)43-55)59-34-26-47(27-35-59)53-16-11-17-54(42-53)48-28-36-60(37-29-48)64(58-20-5-2-6-21-58)62-40-32-50(33-41-62)56-25-23-46-13-8-10-15-52(46)44-56/h1-28,30,32-34,36-38,40-44,48,59H,29,31,35,39H2. The topological polar surface area (TPSA) is 6.48 Å². The monoisotopic (exact) mass is 822 g/mol. The lowest BCUT2D eigenvalue weighted by Crippen LogP contribution is -2.34. The van der Waals surface area contributed by atoms with E-state index in [-0.39, 0.29) is 6.04 Å². The first-order valence-corrected chi connectivity index (χ1v) is 22.7. The summed E-state index contributed by atoms with van der Waals surface area (Å²) in [6.07, 6.45) is 22.9. The number of benzene rings is 8. The van der Waals surface area contributed by atoms with Gasteiger partial charge in [0.05, 0.1) is 6.04 Å². The fourth-order valence-corrected chi connectivity index (χ4v) is 9.80. The van der Waals surface area contributed by atoms with Crippen molar-refractivity contribution in [3.63, 3.8) is 0 Å². The van der Waals surface area contributed by atoms with Gasteiger partial charge in [-0.2, -0.15) is 0 Å².